The molecule has 1 aliphatic heterocycles. The third-order valence-electron chi connectivity index (χ3n) is 5.38. The number of hydrogen-bond acceptors (Lipinski definition) is 6. The lowest BCUT2D eigenvalue weighted by Crippen LogP contribution is -2.46. The molecule has 4 rings (SSSR count). The summed E-state index contributed by atoms with van der Waals surface area (Å²) in [5.74, 6) is -1.34. The number of carbonyl (C=O) groups excluding carboxylic acids is 2. The zero-order valence-electron chi connectivity index (χ0n) is 16.2. The molecular formula is C21H17F2N5O3. The van der Waals surface area contributed by atoms with Crippen molar-refractivity contribution in [1.82, 2.24) is 9.88 Å². The maximum atomic E-state index is 13.9. The van der Waals surface area contributed by atoms with Gasteiger partial charge in [0, 0.05) is 30.1 Å². The lowest BCUT2D eigenvalue weighted by Gasteiger charge is -2.21. The Hall–Kier alpha value is -3.84. The van der Waals surface area contributed by atoms with Crippen molar-refractivity contribution in [2.45, 2.75) is 17.6 Å². The third kappa shape index (κ3) is 3.19. The van der Waals surface area contributed by atoms with Gasteiger partial charge >= 0.3 is 0 Å². The number of pyridine rings is 1. The first kappa shape index (κ1) is 20.4. The molecular weight excluding hydrogens is 408 g/mol. The Bertz CT molecular complexity index is 1190. The number of halogens is 2. The molecule has 1 aromatic carbocycles. The molecule has 10 heteroatoms. The van der Waals surface area contributed by atoms with Crippen LogP contribution in [0.5, 0.6) is 0 Å². The van der Waals surface area contributed by atoms with Gasteiger partial charge in [-0.1, -0.05) is 17.9 Å². The first-order valence-electron chi connectivity index (χ1n) is 9.19. The van der Waals surface area contributed by atoms with Crippen LogP contribution in [0.15, 0.2) is 42.6 Å². The number of rotatable bonds is 4. The molecule has 5 N–H and O–H groups in total. The number of aliphatic hydroxyl groups is 1. The molecule has 0 spiro atoms. The summed E-state index contributed by atoms with van der Waals surface area (Å²) in [7, 11) is 1.22. The monoisotopic (exact) mass is 425 g/mol. The number of alkyl halides is 2. The normalized spacial score (nSPS) is 25.3. The van der Waals surface area contributed by atoms with Crippen LogP contribution >= 0.6 is 0 Å². The molecule has 31 heavy (non-hydrogen) atoms. The Kier molecular flexibility index (Phi) is 4.52. The van der Waals surface area contributed by atoms with Gasteiger partial charge in [-0.25, -0.2) is 13.8 Å². The van der Waals surface area contributed by atoms with Crippen molar-refractivity contribution in [2.75, 3.05) is 12.4 Å². The molecule has 1 aromatic heterocycles. The van der Waals surface area contributed by atoms with Crippen molar-refractivity contribution < 1.29 is 23.5 Å². The number of primary amides is 1. The van der Waals surface area contributed by atoms with Crippen LogP contribution in [-0.4, -0.2) is 57.1 Å². The van der Waals surface area contributed by atoms with Crippen molar-refractivity contribution in [1.29, 1.82) is 5.41 Å². The molecule has 2 amide bonds. The summed E-state index contributed by atoms with van der Waals surface area (Å²) in [5.41, 5.74) is 3.33. The van der Waals surface area contributed by atoms with E-state index in [1.54, 1.807) is 30.3 Å². The van der Waals surface area contributed by atoms with E-state index < -0.39 is 41.0 Å². The zero-order chi connectivity index (χ0) is 22.6. The van der Waals surface area contributed by atoms with Gasteiger partial charge in [-0.05, 0) is 30.3 Å². The van der Waals surface area contributed by atoms with Crippen LogP contribution in [0.4, 0.5) is 20.3 Å². The molecule has 2 aromatic rings. The van der Waals surface area contributed by atoms with Gasteiger partial charge < -0.3 is 21.1 Å². The average molecular weight is 425 g/mol. The predicted molar refractivity (Wildman–Crippen MR) is 107 cm³/mol. The standard InChI is InChI=1S/C21H17F2N5O3/c1-28-16-15(21(16,22)23)20(31,19(28)30)8-7-11-4-2-5-12(10-11)27-18-13(6-3-9-26-18)14(24)17(25)29/h2-6,9-10,15-16,24,31H,1H3,(H2,25,29)(H,26,27). The fourth-order valence-corrected chi connectivity index (χ4v) is 3.78. The second-order valence-electron chi connectivity index (χ2n) is 7.37. The van der Waals surface area contributed by atoms with Crippen LogP contribution in [0.1, 0.15) is 11.1 Å². The minimum Gasteiger partial charge on any atom is -0.369 e. The van der Waals surface area contributed by atoms with E-state index in [2.05, 4.69) is 22.1 Å². The lowest BCUT2D eigenvalue weighted by molar-refractivity contribution is -0.146. The van der Waals surface area contributed by atoms with Crippen LogP contribution < -0.4 is 11.1 Å². The van der Waals surface area contributed by atoms with E-state index in [0.717, 1.165) is 4.90 Å². The first-order valence-corrected chi connectivity index (χ1v) is 9.19. The molecule has 2 aliphatic rings. The number of piperidine rings is 1. The summed E-state index contributed by atoms with van der Waals surface area (Å²) in [6, 6.07) is 8.14. The molecule has 0 bridgehead atoms. The van der Waals surface area contributed by atoms with Crippen LogP contribution in [0.25, 0.3) is 0 Å². The summed E-state index contributed by atoms with van der Waals surface area (Å²) in [6.45, 7) is 0. The quantitative estimate of drug-likeness (QED) is 0.426. The number of likely N-dealkylation sites (N-methyl/N-ethyl adjacent to an activating group) is 1. The highest BCUT2D eigenvalue weighted by Crippen LogP contribution is 2.61. The van der Waals surface area contributed by atoms with Gasteiger partial charge in [-0.2, -0.15) is 0 Å². The summed E-state index contributed by atoms with van der Waals surface area (Å²) >= 11 is 0. The summed E-state index contributed by atoms with van der Waals surface area (Å²) < 4.78 is 27.7. The molecule has 1 aliphatic carbocycles. The van der Waals surface area contributed by atoms with E-state index in [0.29, 0.717) is 11.3 Å². The summed E-state index contributed by atoms with van der Waals surface area (Å²) in [5, 5.41) is 21.3. The van der Waals surface area contributed by atoms with E-state index >= 15 is 0 Å². The Morgan fingerprint density at radius 3 is 2.77 bits per heavy atom. The third-order valence-corrected chi connectivity index (χ3v) is 5.38. The van der Waals surface area contributed by atoms with Crippen molar-refractivity contribution in [3.63, 3.8) is 0 Å². The smallest absolute Gasteiger partial charge is 0.277 e. The van der Waals surface area contributed by atoms with Gasteiger partial charge in [0.15, 0.2) is 0 Å². The number of anilines is 2. The number of nitrogens with zero attached hydrogens (tertiary/aromatic N) is 2. The number of fused-ring (bicyclic) bond motifs is 1. The molecule has 158 valence electrons. The maximum Gasteiger partial charge on any atom is 0.277 e. The number of nitrogens with one attached hydrogen (secondary N) is 2. The number of amides is 2. The average Bonchev–Trinajstić information content (AvgIpc) is 3.26. The van der Waals surface area contributed by atoms with E-state index in [9.17, 15) is 23.5 Å². The Morgan fingerprint density at radius 2 is 2.10 bits per heavy atom. The van der Waals surface area contributed by atoms with Crippen LogP contribution in [0.2, 0.25) is 0 Å². The number of hydrogen-bond donors (Lipinski definition) is 4. The fourth-order valence-electron chi connectivity index (χ4n) is 3.78. The van der Waals surface area contributed by atoms with Gasteiger partial charge in [0.2, 0.25) is 5.60 Å². The zero-order valence-corrected chi connectivity index (χ0v) is 16.2. The Balaban J connectivity index is 1.60. The summed E-state index contributed by atoms with van der Waals surface area (Å²) in [4.78, 5) is 28.5. The number of nitrogens with two attached hydrogens (primary N) is 1. The number of carbonyl (C=O) groups is 2. The highest BCUT2D eigenvalue weighted by molar-refractivity contribution is 6.44. The lowest BCUT2D eigenvalue weighted by atomic mass is 9.98. The number of benzene rings is 1. The second-order valence-corrected chi connectivity index (χ2v) is 7.37. The summed E-state index contributed by atoms with van der Waals surface area (Å²) in [6.07, 6.45) is 1.47. The van der Waals surface area contributed by atoms with Crippen molar-refractivity contribution in [2.24, 2.45) is 11.7 Å². The van der Waals surface area contributed by atoms with Crippen molar-refractivity contribution >= 4 is 29.0 Å². The Labute approximate surface area is 175 Å². The van der Waals surface area contributed by atoms with Gasteiger partial charge in [-0.15, -0.1) is 0 Å². The minimum absolute atomic E-state index is 0.197. The molecule has 3 unspecified atom stereocenters. The number of aromatic nitrogens is 1. The van der Waals surface area contributed by atoms with Crippen LogP contribution in [-0.2, 0) is 9.59 Å². The first-order chi connectivity index (χ1) is 14.6. The maximum absolute atomic E-state index is 13.9. The second kappa shape index (κ2) is 6.85. The van der Waals surface area contributed by atoms with E-state index in [4.69, 9.17) is 11.1 Å². The van der Waals surface area contributed by atoms with E-state index in [-0.39, 0.29) is 11.4 Å². The molecule has 3 atom stereocenters. The topological polar surface area (TPSA) is 132 Å². The molecule has 8 nitrogen and oxygen atoms in total. The van der Waals surface area contributed by atoms with Crippen molar-refractivity contribution in [3.05, 3.63) is 53.7 Å². The predicted octanol–water partition coefficient (Wildman–Crippen LogP) is 0.867. The van der Waals surface area contributed by atoms with Gasteiger partial charge in [0.1, 0.15) is 23.5 Å². The SMILES string of the molecule is CN1C(=O)C(O)(C#Cc2cccc(Nc3ncccc3C(=N)C(N)=O)c2)C2C1C2(F)F. The molecule has 0 radical (unpaired) electrons. The van der Waals surface area contributed by atoms with Crippen LogP contribution in [0, 0.1) is 23.2 Å². The molecule has 2 fully saturated rings. The van der Waals surface area contributed by atoms with Gasteiger partial charge in [-0.3, -0.25) is 15.0 Å². The Morgan fingerprint density at radius 1 is 1.35 bits per heavy atom. The highest BCUT2D eigenvalue weighted by atomic mass is 19.3. The molecule has 1 saturated carbocycles. The number of likely N-dealkylation sites (tertiary alicyclic amines) is 1. The minimum atomic E-state index is -3.17. The fraction of sp³-hybridized carbons (Fsp3) is 0.238. The molecule has 2 heterocycles. The van der Waals surface area contributed by atoms with E-state index in [1.807, 2.05) is 0 Å². The van der Waals surface area contributed by atoms with Crippen molar-refractivity contribution in [3.8, 4) is 11.8 Å². The molecule has 1 saturated heterocycles. The van der Waals surface area contributed by atoms with Gasteiger partial charge in [0.05, 0.1) is 0 Å². The van der Waals surface area contributed by atoms with E-state index in [1.165, 1.54) is 19.3 Å². The highest BCUT2D eigenvalue weighted by Gasteiger charge is 2.84. The largest absolute Gasteiger partial charge is 0.369 e. The van der Waals surface area contributed by atoms with Gasteiger partial charge in [0.25, 0.3) is 17.7 Å². The van der Waals surface area contributed by atoms with Crippen LogP contribution in [0.3, 0.4) is 0 Å².